The molecule has 6 unspecified atom stereocenters. The normalized spacial score (nSPS) is 46.0. The van der Waals surface area contributed by atoms with E-state index >= 15 is 0 Å². The molecule has 4 aliphatic rings. The standard InChI is InChI=1S/C23H32O4/c1-13(24)18-7-8-19-17-6-5-15-11-16(27-14(2)25)9-10-22(15,3)21(17)20(26)12-23(18,19)4/h7,15-17,19,21H,5-6,8-12H2,1-4H3/t15?,16-,17?,19?,21?,22?,23?/m1/s1. The number of fused-ring (bicyclic) bond motifs is 5. The van der Waals surface area contributed by atoms with Crippen LogP contribution in [0.4, 0.5) is 0 Å². The molecule has 0 aromatic heterocycles. The van der Waals surface area contributed by atoms with Crippen LogP contribution in [0, 0.1) is 34.5 Å². The molecule has 0 N–H and O–H groups in total. The van der Waals surface area contributed by atoms with Gasteiger partial charge in [0.05, 0.1) is 0 Å². The van der Waals surface area contributed by atoms with Crippen LogP contribution in [0.3, 0.4) is 0 Å². The van der Waals surface area contributed by atoms with Gasteiger partial charge in [-0.1, -0.05) is 19.9 Å². The van der Waals surface area contributed by atoms with E-state index in [0.29, 0.717) is 30.0 Å². The second-order valence-electron chi connectivity index (χ2n) is 10.0. The summed E-state index contributed by atoms with van der Waals surface area (Å²) in [6, 6.07) is 0. The van der Waals surface area contributed by atoms with Gasteiger partial charge in [-0.15, -0.1) is 0 Å². The maximum Gasteiger partial charge on any atom is 0.302 e. The number of carbonyl (C=O) groups is 3. The molecule has 0 aliphatic heterocycles. The molecular weight excluding hydrogens is 340 g/mol. The largest absolute Gasteiger partial charge is 0.463 e. The third kappa shape index (κ3) is 2.74. The predicted octanol–water partition coefficient (Wildman–Crippen LogP) is 4.27. The van der Waals surface area contributed by atoms with Crippen LogP contribution < -0.4 is 0 Å². The lowest BCUT2D eigenvalue weighted by atomic mass is 9.44. The molecule has 4 rings (SSSR count). The summed E-state index contributed by atoms with van der Waals surface area (Å²) >= 11 is 0. The van der Waals surface area contributed by atoms with E-state index in [1.807, 2.05) is 0 Å². The topological polar surface area (TPSA) is 60.4 Å². The highest BCUT2D eigenvalue weighted by Gasteiger charge is 2.62. The van der Waals surface area contributed by atoms with Gasteiger partial charge in [0, 0.05) is 24.7 Å². The Hall–Kier alpha value is -1.45. The summed E-state index contributed by atoms with van der Waals surface area (Å²) in [5.41, 5.74) is 0.643. The molecule has 0 spiro atoms. The zero-order valence-electron chi connectivity index (χ0n) is 17.0. The number of ketones is 2. The van der Waals surface area contributed by atoms with Crippen molar-refractivity contribution in [3.63, 3.8) is 0 Å². The van der Waals surface area contributed by atoms with Crippen LogP contribution in [-0.4, -0.2) is 23.6 Å². The fourth-order valence-electron chi connectivity index (χ4n) is 7.50. The minimum Gasteiger partial charge on any atom is -0.463 e. The van der Waals surface area contributed by atoms with Crippen molar-refractivity contribution in [1.29, 1.82) is 0 Å². The molecule has 4 heteroatoms. The van der Waals surface area contributed by atoms with Crippen LogP contribution in [0.15, 0.2) is 11.6 Å². The highest BCUT2D eigenvalue weighted by Crippen LogP contribution is 2.65. The lowest BCUT2D eigenvalue weighted by Crippen LogP contribution is -2.57. The van der Waals surface area contributed by atoms with Gasteiger partial charge in [-0.3, -0.25) is 14.4 Å². The fraction of sp³-hybridized carbons (Fsp3) is 0.783. The lowest BCUT2D eigenvalue weighted by molar-refractivity contribution is -0.166. The number of Topliss-reactive ketones (excluding diaryl/α,β-unsaturated/α-hetero) is 2. The van der Waals surface area contributed by atoms with Crippen LogP contribution in [0.1, 0.15) is 72.6 Å². The monoisotopic (exact) mass is 372 g/mol. The molecule has 27 heavy (non-hydrogen) atoms. The minimum absolute atomic E-state index is 0.0109. The van der Waals surface area contributed by atoms with E-state index in [9.17, 15) is 14.4 Å². The third-order valence-corrected chi connectivity index (χ3v) is 8.60. The van der Waals surface area contributed by atoms with E-state index in [-0.39, 0.29) is 34.6 Å². The maximum atomic E-state index is 13.4. The van der Waals surface area contributed by atoms with Crippen molar-refractivity contribution in [2.45, 2.75) is 78.7 Å². The van der Waals surface area contributed by atoms with Crippen molar-refractivity contribution >= 4 is 17.5 Å². The van der Waals surface area contributed by atoms with Gasteiger partial charge in [0.25, 0.3) is 0 Å². The fourth-order valence-corrected chi connectivity index (χ4v) is 7.50. The summed E-state index contributed by atoms with van der Waals surface area (Å²) in [7, 11) is 0. The first-order chi connectivity index (χ1) is 12.7. The molecule has 4 nitrogen and oxygen atoms in total. The molecule has 3 saturated carbocycles. The van der Waals surface area contributed by atoms with Crippen molar-refractivity contribution in [3.8, 4) is 0 Å². The van der Waals surface area contributed by atoms with Gasteiger partial charge in [0.1, 0.15) is 11.9 Å². The maximum absolute atomic E-state index is 13.4. The summed E-state index contributed by atoms with van der Waals surface area (Å²) in [6.07, 6.45) is 8.46. The van der Waals surface area contributed by atoms with E-state index in [1.165, 1.54) is 6.92 Å². The Bertz CT molecular complexity index is 722. The van der Waals surface area contributed by atoms with Crippen molar-refractivity contribution in [2.75, 3.05) is 0 Å². The smallest absolute Gasteiger partial charge is 0.302 e. The number of rotatable bonds is 2. The zero-order chi connectivity index (χ0) is 19.6. The molecule has 0 bridgehead atoms. The van der Waals surface area contributed by atoms with Gasteiger partial charge in [-0.05, 0) is 74.2 Å². The average Bonchev–Trinajstić information content (AvgIpc) is 2.91. The Morgan fingerprint density at radius 3 is 2.56 bits per heavy atom. The molecule has 4 aliphatic carbocycles. The van der Waals surface area contributed by atoms with E-state index in [0.717, 1.165) is 44.1 Å². The summed E-state index contributed by atoms with van der Waals surface area (Å²) in [4.78, 5) is 37.0. The Kier molecular flexibility index (Phi) is 4.40. The van der Waals surface area contributed by atoms with Crippen LogP contribution in [-0.2, 0) is 19.1 Å². The number of hydrogen-bond donors (Lipinski definition) is 0. The van der Waals surface area contributed by atoms with Crippen LogP contribution in [0.25, 0.3) is 0 Å². The van der Waals surface area contributed by atoms with Crippen LogP contribution >= 0.6 is 0 Å². The Balaban J connectivity index is 1.60. The quantitative estimate of drug-likeness (QED) is 0.679. The van der Waals surface area contributed by atoms with E-state index in [1.54, 1.807) is 6.92 Å². The van der Waals surface area contributed by atoms with Gasteiger partial charge in [-0.25, -0.2) is 0 Å². The molecule has 3 fully saturated rings. The van der Waals surface area contributed by atoms with Crippen LogP contribution in [0.5, 0.6) is 0 Å². The minimum atomic E-state index is -0.262. The zero-order valence-corrected chi connectivity index (χ0v) is 17.0. The molecule has 0 aromatic rings. The molecule has 0 saturated heterocycles. The SMILES string of the molecule is CC(=O)O[C@@H]1CCC2(C)C(CCC3C4CC=C(C(C)=O)C4(C)CC(=O)C32)C1. The molecule has 0 aromatic carbocycles. The molecule has 0 radical (unpaired) electrons. The van der Waals surface area contributed by atoms with Gasteiger partial charge >= 0.3 is 5.97 Å². The number of hydrogen-bond acceptors (Lipinski definition) is 4. The first-order valence-electron chi connectivity index (χ1n) is 10.6. The van der Waals surface area contributed by atoms with E-state index in [4.69, 9.17) is 4.74 Å². The first-order valence-corrected chi connectivity index (χ1v) is 10.6. The summed E-state index contributed by atoms with van der Waals surface area (Å²) in [6.45, 7) is 7.59. The molecular formula is C23H32O4. The lowest BCUT2D eigenvalue weighted by Gasteiger charge is -2.59. The van der Waals surface area contributed by atoms with Gasteiger partial charge in [0.2, 0.25) is 0 Å². The van der Waals surface area contributed by atoms with Gasteiger partial charge < -0.3 is 4.74 Å². The number of allylic oxidation sites excluding steroid dienone is 2. The van der Waals surface area contributed by atoms with Gasteiger partial charge in [0.15, 0.2) is 5.78 Å². The van der Waals surface area contributed by atoms with Crippen LogP contribution in [0.2, 0.25) is 0 Å². The molecule has 7 atom stereocenters. The van der Waals surface area contributed by atoms with E-state index < -0.39 is 0 Å². The number of ether oxygens (including phenoxy) is 1. The molecule has 148 valence electrons. The summed E-state index contributed by atoms with van der Waals surface area (Å²) < 4.78 is 5.50. The first kappa shape index (κ1) is 18.9. The van der Waals surface area contributed by atoms with Crippen molar-refractivity contribution < 1.29 is 19.1 Å². The molecule has 0 heterocycles. The highest BCUT2D eigenvalue weighted by atomic mass is 16.5. The molecule has 0 amide bonds. The van der Waals surface area contributed by atoms with Crippen molar-refractivity contribution in [1.82, 2.24) is 0 Å². The average molecular weight is 373 g/mol. The summed E-state index contributed by atoms with van der Waals surface area (Å²) in [5.74, 6) is 1.66. The van der Waals surface area contributed by atoms with Gasteiger partial charge in [-0.2, -0.15) is 0 Å². The summed E-state index contributed by atoms with van der Waals surface area (Å²) in [5, 5.41) is 0. The number of carbonyl (C=O) groups excluding carboxylic acids is 3. The highest BCUT2D eigenvalue weighted by molar-refractivity contribution is 5.97. The van der Waals surface area contributed by atoms with Crippen molar-refractivity contribution in [3.05, 3.63) is 11.6 Å². The van der Waals surface area contributed by atoms with Crippen molar-refractivity contribution in [2.24, 2.45) is 34.5 Å². The Morgan fingerprint density at radius 2 is 1.89 bits per heavy atom. The number of esters is 1. The third-order valence-electron chi connectivity index (χ3n) is 8.60. The second-order valence-corrected chi connectivity index (χ2v) is 10.0. The van der Waals surface area contributed by atoms with E-state index in [2.05, 4.69) is 19.9 Å². The Morgan fingerprint density at radius 1 is 1.15 bits per heavy atom. The predicted molar refractivity (Wildman–Crippen MR) is 102 cm³/mol. The second kappa shape index (κ2) is 6.28. The Labute approximate surface area is 162 Å².